The summed E-state index contributed by atoms with van der Waals surface area (Å²) in [5, 5.41) is 0. The molecule has 7 nitrogen and oxygen atoms in total. The summed E-state index contributed by atoms with van der Waals surface area (Å²) in [6, 6.07) is 2.87. The Bertz CT molecular complexity index is 740. The van der Waals surface area contributed by atoms with Gasteiger partial charge in [-0.3, -0.25) is 10.8 Å². The van der Waals surface area contributed by atoms with Gasteiger partial charge in [0.15, 0.2) is 0 Å². The van der Waals surface area contributed by atoms with Gasteiger partial charge in [0, 0.05) is 24.0 Å². The van der Waals surface area contributed by atoms with Crippen LogP contribution < -0.4 is 16.0 Å². The molecule has 0 fully saturated rings. The molecule has 0 spiro atoms. The van der Waals surface area contributed by atoms with Gasteiger partial charge in [-0.2, -0.15) is 0 Å². The third-order valence-corrected chi connectivity index (χ3v) is 4.68. The minimum atomic E-state index is -3.75. The van der Waals surface area contributed by atoms with E-state index in [1.165, 1.54) is 18.5 Å². The lowest BCUT2D eigenvalue weighted by Gasteiger charge is -2.15. The molecule has 8 heteroatoms. The first-order valence-corrected chi connectivity index (χ1v) is 7.83. The van der Waals surface area contributed by atoms with E-state index < -0.39 is 16.1 Å². The van der Waals surface area contributed by atoms with Crippen LogP contribution in [-0.2, 0) is 10.0 Å². The van der Waals surface area contributed by atoms with Gasteiger partial charge in [0.2, 0.25) is 10.0 Å². The molecule has 0 aliphatic rings. The second-order valence-corrected chi connectivity index (χ2v) is 6.41. The minimum absolute atomic E-state index is 0.00257. The average Bonchev–Trinajstić information content (AvgIpc) is 2.77. The maximum atomic E-state index is 12.4. The number of rotatable bonds is 5. The first-order valence-electron chi connectivity index (χ1n) is 6.35. The summed E-state index contributed by atoms with van der Waals surface area (Å²) < 4.78 is 32.9. The largest absolute Gasteiger partial charge is 0.466 e. The lowest BCUT2D eigenvalue weighted by Crippen LogP contribution is -2.28. The predicted octanol–water partition coefficient (Wildman–Crippen LogP) is 1.62. The van der Waals surface area contributed by atoms with Crippen LogP contribution in [0.4, 0.5) is 5.69 Å². The van der Waals surface area contributed by atoms with Gasteiger partial charge >= 0.3 is 0 Å². The Morgan fingerprint density at radius 3 is 2.67 bits per heavy atom. The molecule has 1 unspecified atom stereocenters. The van der Waals surface area contributed by atoms with Crippen molar-refractivity contribution in [1.29, 1.82) is 0 Å². The Kier molecular flexibility index (Phi) is 4.31. The number of aryl methyl sites for hydroxylation is 2. The highest BCUT2D eigenvalue weighted by Gasteiger charge is 2.23. The number of furan rings is 1. The lowest BCUT2D eigenvalue weighted by molar-refractivity contribution is 0.496. The number of hydrogen-bond acceptors (Lipinski definition) is 6. The molecule has 0 saturated heterocycles. The van der Waals surface area contributed by atoms with Gasteiger partial charge < -0.3 is 9.84 Å². The Balaban J connectivity index is 2.31. The molecule has 0 bridgehead atoms. The van der Waals surface area contributed by atoms with E-state index in [9.17, 15) is 8.42 Å². The van der Waals surface area contributed by atoms with Gasteiger partial charge in [0.1, 0.15) is 16.4 Å². The van der Waals surface area contributed by atoms with Crippen LogP contribution in [0.3, 0.4) is 0 Å². The zero-order chi connectivity index (χ0) is 15.6. The molecular weight excluding hydrogens is 292 g/mol. The number of nitrogen functional groups attached to an aromatic ring is 1. The van der Waals surface area contributed by atoms with E-state index in [1.807, 2.05) is 13.0 Å². The van der Waals surface area contributed by atoms with E-state index in [4.69, 9.17) is 10.3 Å². The van der Waals surface area contributed by atoms with Crippen LogP contribution in [0.1, 0.15) is 30.0 Å². The highest BCUT2D eigenvalue weighted by atomic mass is 32.2. The SMILES string of the molecule is Cc1cc(C(C)NS(=O)(=O)c2cnccc2NN)c(C)o1. The quantitative estimate of drug-likeness (QED) is 0.571. The molecule has 0 aromatic carbocycles. The molecule has 2 rings (SSSR count). The van der Waals surface area contributed by atoms with Crippen LogP contribution in [0.25, 0.3) is 0 Å². The van der Waals surface area contributed by atoms with Crippen molar-refractivity contribution in [3.05, 3.63) is 41.6 Å². The number of nitrogens with zero attached hydrogens (tertiary/aromatic N) is 1. The van der Waals surface area contributed by atoms with E-state index in [2.05, 4.69) is 15.1 Å². The van der Waals surface area contributed by atoms with E-state index in [0.29, 0.717) is 5.76 Å². The standard InChI is InChI=1S/C13H18N4O3S/c1-8-6-11(10(3)20-8)9(2)17-21(18,19)13-7-15-5-4-12(13)16-14/h4-7,9,17H,14H2,1-3H3,(H,15,16). The Labute approximate surface area is 123 Å². The van der Waals surface area contributed by atoms with Gasteiger partial charge in [-0.25, -0.2) is 13.1 Å². The highest BCUT2D eigenvalue weighted by molar-refractivity contribution is 7.89. The average molecular weight is 310 g/mol. The summed E-state index contributed by atoms with van der Waals surface area (Å²) in [6.45, 7) is 5.36. The summed E-state index contributed by atoms with van der Waals surface area (Å²) in [7, 11) is -3.75. The number of hydrogen-bond donors (Lipinski definition) is 3. The van der Waals surface area contributed by atoms with Crippen molar-refractivity contribution in [1.82, 2.24) is 9.71 Å². The monoisotopic (exact) mass is 310 g/mol. The van der Waals surface area contributed by atoms with E-state index in [-0.39, 0.29) is 10.6 Å². The summed E-state index contributed by atoms with van der Waals surface area (Å²) >= 11 is 0. The van der Waals surface area contributed by atoms with E-state index in [0.717, 1.165) is 11.3 Å². The zero-order valence-corrected chi connectivity index (χ0v) is 12.9. The Hall–Kier alpha value is -1.90. The molecule has 114 valence electrons. The number of aromatic nitrogens is 1. The fourth-order valence-electron chi connectivity index (χ4n) is 2.15. The molecule has 2 aromatic rings. The van der Waals surface area contributed by atoms with Gasteiger partial charge in [-0.05, 0) is 32.9 Å². The molecule has 0 aliphatic heterocycles. The fourth-order valence-corrected chi connectivity index (χ4v) is 3.49. The number of anilines is 1. The fraction of sp³-hybridized carbons (Fsp3) is 0.308. The second kappa shape index (κ2) is 5.84. The number of sulfonamides is 1. The lowest BCUT2D eigenvalue weighted by atomic mass is 10.1. The Morgan fingerprint density at radius 2 is 2.10 bits per heavy atom. The van der Waals surface area contributed by atoms with Crippen molar-refractivity contribution in [2.75, 3.05) is 5.43 Å². The van der Waals surface area contributed by atoms with Crippen molar-refractivity contribution in [2.24, 2.45) is 5.84 Å². The second-order valence-electron chi connectivity index (χ2n) is 4.73. The molecule has 2 heterocycles. The number of nitrogens with two attached hydrogens (primary N) is 1. The van der Waals surface area contributed by atoms with Crippen molar-refractivity contribution in [3.8, 4) is 0 Å². The molecular formula is C13H18N4O3S. The maximum Gasteiger partial charge on any atom is 0.244 e. The molecule has 0 amide bonds. The summed E-state index contributed by atoms with van der Waals surface area (Å²) in [5.41, 5.74) is 3.43. The van der Waals surface area contributed by atoms with Crippen LogP contribution in [0.15, 0.2) is 33.8 Å². The summed E-state index contributed by atoms with van der Waals surface area (Å²) in [5.74, 6) is 6.75. The van der Waals surface area contributed by atoms with Crippen LogP contribution in [0.5, 0.6) is 0 Å². The van der Waals surface area contributed by atoms with Gasteiger partial charge in [-0.1, -0.05) is 0 Å². The smallest absolute Gasteiger partial charge is 0.244 e. The summed E-state index contributed by atoms with van der Waals surface area (Å²) in [6.07, 6.45) is 2.71. The predicted molar refractivity (Wildman–Crippen MR) is 79.0 cm³/mol. The molecule has 4 N–H and O–H groups in total. The van der Waals surface area contributed by atoms with E-state index >= 15 is 0 Å². The van der Waals surface area contributed by atoms with Crippen LogP contribution >= 0.6 is 0 Å². The van der Waals surface area contributed by atoms with Gasteiger partial charge in [0.05, 0.1) is 5.69 Å². The van der Waals surface area contributed by atoms with E-state index in [1.54, 1.807) is 13.8 Å². The topological polar surface area (TPSA) is 110 Å². The first kappa shape index (κ1) is 15.5. The minimum Gasteiger partial charge on any atom is -0.466 e. The third kappa shape index (κ3) is 3.23. The highest BCUT2D eigenvalue weighted by Crippen LogP contribution is 2.25. The molecule has 1 atom stereocenters. The van der Waals surface area contributed by atoms with Crippen molar-refractivity contribution >= 4 is 15.7 Å². The zero-order valence-electron chi connectivity index (χ0n) is 12.0. The summed E-state index contributed by atoms with van der Waals surface area (Å²) in [4.78, 5) is 3.83. The normalized spacial score (nSPS) is 13.1. The number of pyridine rings is 1. The van der Waals surface area contributed by atoms with Crippen LogP contribution in [0.2, 0.25) is 0 Å². The van der Waals surface area contributed by atoms with Crippen molar-refractivity contribution in [3.63, 3.8) is 0 Å². The maximum absolute atomic E-state index is 12.4. The van der Waals surface area contributed by atoms with Crippen molar-refractivity contribution in [2.45, 2.75) is 31.7 Å². The Morgan fingerprint density at radius 1 is 1.38 bits per heavy atom. The number of nitrogens with one attached hydrogen (secondary N) is 2. The van der Waals surface area contributed by atoms with Crippen molar-refractivity contribution < 1.29 is 12.8 Å². The van der Waals surface area contributed by atoms with Crippen LogP contribution in [0, 0.1) is 13.8 Å². The molecule has 0 aliphatic carbocycles. The van der Waals surface area contributed by atoms with Crippen LogP contribution in [-0.4, -0.2) is 13.4 Å². The number of hydrazine groups is 1. The molecule has 2 aromatic heterocycles. The van der Waals surface area contributed by atoms with Gasteiger partial charge in [-0.15, -0.1) is 0 Å². The molecule has 21 heavy (non-hydrogen) atoms. The first-order chi connectivity index (χ1) is 9.85. The third-order valence-electron chi connectivity index (χ3n) is 3.11. The molecule has 0 saturated carbocycles. The molecule has 0 radical (unpaired) electrons. The van der Waals surface area contributed by atoms with Gasteiger partial charge in [0.25, 0.3) is 0 Å².